The summed E-state index contributed by atoms with van der Waals surface area (Å²) in [7, 11) is 0. The van der Waals surface area contributed by atoms with E-state index >= 15 is 0 Å². The third-order valence-corrected chi connectivity index (χ3v) is 5.12. The molecule has 0 aliphatic rings. The largest absolute Gasteiger partial charge is 0.456 e. The Kier molecular flexibility index (Phi) is 7.17. The maximum Gasteiger partial charge on any atom is 0.306 e. The number of carbonyl (C=O) groups excluding carboxylic acids is 2. The molecule has 1 aromatic carbocycles. The van der Waals surface area contributed by atoms with E-state index in [1.54, 1.807) is 4.52 Å². The molecule has 1 atom stereocenters. The first-order chi connectivity index (χ1) is 14.9. The Morgan fingerprint density at radius 3 is 2.65 bits per heavy atom. The van der Waals surface area contributed by atoms with Crippen LogP contribution in [0.15, 0.2) is 30.3 Å². The van der Waals surface area contributed by atoms with E-state index < -0.39 is 5.97 Å². The molecule has 2 heterocycles. The maximum atomic E-state index is 12.3. The number of anilines is 1. The van der Waals surface area contributed by atoms with Crippen LogP contribution in [0.1, 0.15) is 54.7 Å². The fourth-order valence-corrected chi connectivity index (χ4v) is 3.56. The van der Waals surface area contributed by atoms with Gasteiger partial charge in [-0.1, -0.05) is 43.7 Å². The third kappa shape index (κ3) is 5.56. The topological polar surface area (TPSA) is 124 Å². The van der Waals surface area contributed by atoms with Crippen molar-refractivity contribution in [3.63, 3.8) is 0 Å². The normalized spacial score (nSPS) is 12.0. The molecule has 0 spiro atoms. The predicted molar refractivity (Wildman–Crippen MR) is 116 cm³/mol. The zero-order valence-electron chi connectivity index (χ0n) is 18.1. The van der Waals surface area contributed by atoms with Crippen LogP contribution in [-0.4, -0.2) is 38.1 Å². The van der Waals surface area contributed by atoms with Crippen molar-refractivity contribution >= 4 is 23.6 Å². The molecule has 0 saturated heterocycles. The molecule has 9 heteroatoms. The number of rotatable bonds is 9. The molecule has 2 aromatic heterocycles. The van der Waals surface area contributed by atoms with Gasteiger partial charge < -0.3 is 15.8 Å². The number of aryl methyl sites for hydroxylation is 2. The van der Waals surface area contributed by atoms with Gasteiger partial charge in [0.15, 0.2) is 6.61 Å². The second kappa shape index (κ2) is 10.0. The van der Waals surface area contributed by atoms with Gasteiger partial charge in [0.05, 0.1) is 6.04 Å². The molecule has 1 amide bonds. The Morgan fingerprint density at radius 2 is 1.94 bits per heavy atom. The number of aromatic nitrogens is 4. The van der Waals surface area contributed by atoms with E-state index in [0.717, 1.165) is 35.4 Å². The van der Waals surface area contributed by atoms with E-state index in [-0.39, 0.29) is 30.9 Å². The molecular weight excluding hydrogens is 396 g/mol. The average molecular weight is 425 g/mol. The van der Waals surface area contributed by atoms with Crippen molar-refractivity contribution in [1.82, 2.24) is 24.9 Å². The van der Waals surface area contributed by atoms with Gasteiger partial charge in [0.25, 0.3) is 11.7 Å². The molecule has 3 N–H and O–H groups in total. The predicted octanol–water partition coefficient (Wildman–Crippen LogP) is 2.46. The quantitative estimate of drug-likeness (QED) is 0.506. The molecular formula is C22H28N6O3. The summed E-state index contributed by atoms with van der Waals surface area (Å²) in [4.78, 5) is 33.0. The molecule has 164 valence electrons. The van der Waals surface area contributed by atoms with E-state index in [1.807, 2.05) is 44.2 Å². The lowest BCUT2D eigenvalue weighted by atomic mass is 10.0. The smallest absolute Gasteiger partial charge is 0.306 e. The van der Waals surface area contributed by atoms with Gasteiger partial charge in [-0.2, -0.15) is 9.50 Å². The first-order valence-electron chi connectivity index (χ1n) is 10.4. The van der Waals surface area contributed by atoms with Crippen molar-refractivity contribution in [2.45, 2.75) is 52.5 Å². The molecule has 0 bridgehead atoms. The van der Waals surface area contributed by atoms with Crippen molar-refractivity contribution in [3.05, 3.63) is 52.8 Å². The summed E-state index contributed by atoms with van der Waals surface area (Å²) in [6.45, 7) is 5.48. The van der Waals surface area contributed by atoms with Crippen LogP contribution in [0.4, 0.5) is 5.95 Å². The number of carbonyl (C=O) groups is 2. The summed E-state index contributed by atoms with van der Waals surface area (Å²) in [6, 6.07) is 9.66. The van der Waals surface area contributed by atoms with E-state index in [4.69, 9.17) is 10.5 Å². The fraction of sp³-hybridized carbons (Fsp3) is 0.409. The zero-order valence-corrected chi connectivity index (χ0v) is 18.1. The van der Waals surface area contributed by atoms with Crippen molar-refractivity contribution in [2.75, 3.05) is 12.3 Å². The van der Waals surface area contributed by atoms with Gasteiger partial charge in [-0.25, -0.2) is 4.98 Å². The van der Waals surface area contributed by atoms with Gasteiger partial charge in [0.2, 0.25) is 5.95 Å². The van der Waals surface area contributed by atoms with Crippen LogP contribution in [0.2, 0.25) is 0 Å². The Hall–Kier alpha value is -3.49. The van der Waals surface area contributed by atoms with Gasteiger partial charge in [-0.05, 0) is 37.8 Å². The van der Waals surface area contributed by atoms with Crippen LogP contribution < -0.4 is 11.1 Å². The molecule has 0 aliphatic carbocycles. The first kappa shape index (κ1) is 22.2. The molecule has 3 aromatic rings. The number of nitrogens with zero attached hydrogens (tertiary/aromatic N) is 4. The second-order valence-electron chi connectivity index (χ2n) is 7.42. The lowest BCUT2D eigenvalue weighted by Crippen LogP contribution is -2.32. The van der Waals surface area contributed by atoms with Crippen LogP contribution in [-0.2, 0) is 20.7 Å². The molecule has 0 aliphatic heterocycles. The summed E-state index contributed by atoms with van der Waals surface area (Å²) in [5.74, 6) is -0.187. The number of hydrogen-bond donors (Lipinski definition) is 2. The van der Waals surface area contributed by atoms with Crippen molar-refractivity contribution < 1.29 is 14.3 Å². The van der Waals surface area contributed by atoms with Gasteiger partial charge >= 0.3 is 5.97 Å². The number of benzene rings is 1. The van der Waals surface area contributed by atoms with Crippen LogP contribution >= 0.6 is 0 Å². The van der Waals surface area contributed by atoms with Gasteiger partial charge in [0, 0.05) is 17.8 Å². The lowest BCUT2D eigenvalue weighted by molar-refractivity contribution is -0.148. The first-order valence-corrected chi connectivity index (χ1v) is 10.4. The zero-order chi connectivity index (χ0) is 22.4. The van der Waals surface area contributed by atoms with Crippen LogP contribution in [0, 0.1) is 13.8 Å². The number of hydrogen-bond acceptors (Lipinski definition) is 7. The summed E-state index contributed by atoms with van der Waals surface area (Å²) in [5, 5.41) is 7.07. The average Bonchev–Trinajstić information content (AvgIpc) is 3.12. The SMILES string of the molecule is CCC[C@H](NC(=O)COC(=O)CCc1c(C)nc2nc(N)nn2c1C)c1ccccc1. The minimum absolute atomic E-state index is 0.101. The number of amides is 1. The Labute approximate surface area is 181 Å². The number of nitrogen functional groups attached to an aromatic ring is 1. The Morgan fingerprint density at radius 1 is 1.19 bits per heavy atom. The lowest BCUT2D eigenvalue weighted by Gasteiger charge is -2.18. The number of esters is 1. The number of fused-ring (bicyclic) bond motifs is 1. The molecule has 9 nitrogen and oxygen atoms in total. The number of nitrogens with two attached hydrogens (primary N) is 1. The number of nitrogens with one attached hydrogen (secondary N) is 1. The highest BCUT2D eigenvalue weighted by atomic mass is 16.5. The molecule has 31 heavy (non-hydrogen) atoms. The standard InChI is InChI=1S/C22H28N6O3/c1-4-8-18(16-9-6-5-7-10-16)25-19(29)13-31-20(30)12-11-17-14(2)24-22-26-21(23)27-28(22)15(17)3/h5-7,9-10,18H,4,8,11-13H2,1-3H3,(H2,23,27)(H,25,29)/t18-/m0/s1. The van der Waals surface area contributed by atoms with Crippen molar-refractivity contribution in [1.29, 1.82) is 0 Å². The van der Waals surface area contributed by atoms with E-state index in [1.165, 1.54) is 0 Å². The van der Waals surface area contributed by atoms with E-state index in [2.05, 4.69) is 27.3 Å². The van der Waals surface area contributed by atoms with Gasteiger partial charge in [0.1, 0.15) is 0 Å². The maximum absolute atomic E-state index is 12.3. The Bertz CT molecular complexity index is 1060. The van der Waals surface area contributed by atoms with Crippen molar-refractivity contribution in [2.24, 2.45) is 0 Å². The van der Waals surface area contributed by atoms with Crippen molar-refractivity contribution in [3.8, 4) is 0 Å². The minimum atomic E-state index is -0.445. The van der Waals surface area contributed by atoms with Crippen LogP contribution in [0.5, 0.6) is 0 Å². The highest BCUT2D eigenvalue weighted by Gasteiger charge is 2.17. The summed E-state index contributed by atoms with van der Waals surface area (Å²) in [5.41, 5.74) is 9.14. The Balaban J connectivity index is 1.53. The summed E-state index contributed by atoms with van der Waals surface area (Å²) < 4.78 is 6.75. The minimum Gasteiger partial charge on any atom is -0.456 e. The van der Waals surface area contributed by atoms with E-state index in [0.29, 0.717) is 12.2 Å². The highest BCUT2D eigenvalue weighted by molar-refractivity contribution is 5.81. The van der Waals surface area contributed by atoms with E-state index in [9.17, 15) is 9.59 Å². The monoisotopic (exact) mass is 424 g/mol. The molecule has 3 rings (SSSR count). The molecule has 0 unspecified atom stereocenters. The van der Waals surface area contributed by atoms with Crippen LogP contribution in [0.25, 0.3) is 5.78 Å². The summed E-state index contributed by atoms with van der Waals surface area (Å²) >= 11 is 0. The fourth-order valence-electron chi connectivity index (χ4n) is 3.56. The summed E-state index contributed by atoms with van der Waals surface area (Å²) in [6.07, 6.45) is 2.28. The molecule has 0 radical (unpaired) electrons. The number of ether oxygens (including phenoxy) is 1. The molecule has 0 fully saturated rings. The second-order valence-corrected chi connectivity index (χ2v) is 7.42. The molecule has 0 saturated carbocycles. The third-order valence-electron chi connectivity index (χ3n) is 5.12. The van der Waals surface area contributed by atoms with Crippen LogP contribution in [0.3, 0.4) is 0 Å². The van der Waals surface area contributed by atoms with Gasteiger partial charge in [-0.3, -0.25) is 9.59 Å². The van der Waals surface area contributed by atoms with Gasteiger partial charge in [-0.15, -0.1) is 5.10 Å². The highest BCUT2D eigenvalue weighted by Crippen LogP contribution is 2.18.